The van der Waals surface area contributed by atoms with E-state index in [9.17, 15) is 4.79 Å². The maximum Gasteiger partial charge on any atom is 0.220 e. The Bertz CT molecular complexity index is 211. The Morgan fingerprint density at radius 1 is 1.21 bits per heavy atom. The largest absolute Gasteiger partial charge is 0.352 e. The van der Waals surface area contributed by atoms with Gasteiger partial charge in [0.2, 0.25) is 5.91 Å². The molecule has 14 heavy (non-hydrogen) atoms. The number of nitrogens with one attached hydrogen (secondary N) is 1. The normalized spacial score (nSPS) is 31.5. The van der Waals surface area contributed by atoms with Crippen LogP contribution in [0.4, 0.5) is 0 Å². The van der Waals surface area contributed by atoms with Crippen LogP contribution in [-0.2, 0) is 4.79 Å². The molecule has 3 N–H and O–H groups in total. The molecule has 0 bridgehead atoms. The van der Waals surface area contributed by atoms with Gasteiger partial charge in [0.1, 0.15) is 0 Å². The van der Waals surface area contributed by atoms with Gasteiger partial charge < -0.3 is 11.1 Å². The minimum absolute atomic E-state index is 0.182. The van der Waals surface area contributed by atoms with E-state index in [-0.39, 0.29) is 18.0 Å². The Balaban J connectivity index is 1.86. The summed E-state index contributed by atoms with van der Waals surface area (Å²) < 4.78 is 0. The second-order valence-corrected chi connectivity index (χ2v) is 4.69. The van der Waals surface area contributed by atoms with Crippen LogP contribution < -0.4 is 11.1 Å². The molecule has 3 heteroatoms. The molecule has 1 aliphatic heterocycles. The van der Waals surface area contributed by atoms with Crippen molar-refractivity contribution in [3.8, 4) is 0 Å². The summed E-state index contributed by atoms with van der Waals surface area (Å²) in [5, 5.41) is 2.99. The molecule has 2 aliphatic rings. The van der Waals surface area contributed by atoms with E-state index < -0.39 is 0 Å². The first-order valence-electron chi connectivity index (χ1n) is 5.82. The van der Waals surface area contributed by atoms with Gasteiger partial charge in [0.25, 0.3) is 0 Å². The fraction of sp³-hybridized carbons (Fsp3) is 0.909. The molecule has 0 spiro atoms. The molecule has 1 aliphatic carbocycles. The van der Waals surface area contributed by atoms with E-state index in [1.54, 1.807) is 0 Å². The number of hydrogen-bond acceptors (Lipinski definition) is 2. The second kappa shape index (κ2) is 4.30. The van der Waals surface area contributed by atoms with Gasteiger partial charge in [-0.2, -0.15) is 0 Å². The van der Waals surface area contributed by atoms with Crippen LogP contribution in [0.3, 0.4) is 0 Å². The fourth-order valence-electron chi connectivity index (χ4n) is 2.77. The van der Waals surface area contributed by atoms with E-state index in [0.29, 0.717) is 12.3 Å². The average molecular weight is 196 g/mol. The Kier molecular flexibility index (Phi) is 3.06. The summed E-state index contributed by atoms with van der Waals surface area (Å²) in [7, 11) is 0. The van der Waals surface area contributed by atoms with Crippen LogP contribution >= 0.6 is 0 Å². The molecule has 2 rings (SSSR count). The van der Waals surface area contributed by atoms with Gasteiger partial charge in [-0.3, -0.25) is 4.79 Å². The van der Waals surface area contributed by atoms with Crippen LogP contribution in [0.5, 0.6) is 0 Å². The van der Waals surface area contributed by atoms with Gasteiger partial charge in [-0.1, -0.05) is 19.3 Å². The lowest BCUT2D eigenvalue weighted by Crippen LogP contribution is -2.47. The summed E-state index contributed by atoms with van der Waals surface area (Å²) in [4.78, 5) is 11.1. The Morgan fingerprint density at radius 2 is 1.93 bits per heavy atom. The van der Waals surface area contributed by atoms with Crippen LogP contribution in [0.15, 0.2) is 0 Å². The molecule has 1 saturated carbocycles. The summed E-state index contributed by atoms with van der Waals surface area (Å²) in [6.45, 7) is 0. The van der Waals surface area contributed by atoms with Gasteiger partial charge in [0, 0.05) is 18.5 Å². The molecule has 0 aromatic heterocycles. The second-order valence-electron chi connectivity index (χ2n) is 4.69. The summed E-state index contributed by atoms with van der Waals surface area (Å²) in [5.74, 6) is 0.827. The number of carbonyl (C=O) groups excluding carboxylic acids is 1. The first kappa shape index (κ1) is 9.97. The molecule has 1 saturated heterocycles. The van der Waals surface area contributed by atoms with Gasteiger partial charge >= 0.3 is 0 Å². The van der Waals surface area contributed by atoms with Crippen LogP contribution in [0.25, 0.3) is 0 Å². The van der Waals surface area contributed by atoms with Crippen LogP contribution in [0.2, 0.25) is 0 Å². The van der Waals surface area contributed by atoms with Crippen molar-refractivity contribution in [1.82, 2.24) is 5.32 Å². The van der Waals surface area contributed by atoms with Crippen molar-refractivity contribution in [3.05, 3.63) is 0 Å². The average Bonchev–Trinajstić information content (AvgIpc) is 2.65. The predicted molar refractivity (Wildman–Crippen MR) is 55.7 cm³/mol. The molecule has 1 amide bonds. The Morgan fingerprint density at radius 3 is 2.50 bits per heavy atom. The van der Waals surface area contributed by atoms with Crippen LogP contribution in [0.1, 0.15) is 44.9 Å². The number of amides is 1. The van der Waals surface area contributed by atoms with E-state index in [0.717, 1.165) is 6.42 Å². The van der Waals surface area contributed by atoms with E-state index in [2.05, 4.69) is 5.32 Å². The quantitative estimate of drug-likeness (QED) is 0.696. The van der Waals surface area contributed by atoms with Crippen molar-refractivity contribution in [3.63, 3.8) is 0 Å². The summed E-state index contributed by atoms with van der Waals surface area (Å²) >= 11 is 0. The highest BCUT2D eigenvalue weighted by molar-refractivity contribution is 5.78. The van der Waals surface area contributed by atoms with E-state index >= 15 is 0 Å². The molecule has 0 aromatic rings. The van der Waals surface area contributed by atoms with Crippen molar-refractivity contribution in [1.29, 1.82) is 0 Å². The van der Waals surface area contributed by atoms with Gasteiger partial charge in [-0.25, -0.2) is 0 Å². The fourth-order valence-corrected chi connectivity index (χ4v) is 2.77. The number of rotatable bonds is 2. The Labute approximate surface area is 85.4 Å². The van der Waals surface area contributed by atoms with E-state index in [4.69, 9.17) is 5.73 Å². The third kappa shape index (κ3) is 2.08. The van der Waals surface area contributed by atoms with Crippen LogP contribution in [-0.4, -0.2) is 18.0 Å². The van der Waals surface area contributed by atoms with Gasteiger partial charge in [-0.05, 0) is 25.2 Å². The minimum atomic E-state index is 0.182. The zero-order chi connectivity index (χ0) is 9.97. The maximum atomic E-state index is 11.1. The molecule has 2 fully saturated rings. The third-order valence-corrected chi connectivity index (χ3v) is 3.69. The zero-order valence-electron chi connectivity index (χ0n) is 8.67. The summed E-state index contributed by atoms with van der Waals surface area (Å²) in [5.41, 5.74) is 6.20. The molecule has 2 unspecified atom stereocenters. The maximum absolute atomic E-state index is 11.1. The first-order valence-corrected chi connectivity index (χ1v) is 5.82. The molecule has 2 atom stereocenters. The van der Waals surface area contributed by atoms with Crippen molar-refractivity contribution in [2.75, 3.05) is 0 Å². The third-order valence-electron chi connectivity index (χ3n) is 3.69. The summed E-state index contributed by atoms with van der Waals surface area (Å²) in [6, 6.07) is 0.451. The number of hydrogen-bond donors (Lipinski definition) is 2. The molecule has 0 aromatic carbocycles. The minimum Gasteiger partial charge on any atom is -0.352 e. The zero-order valence-corrected chi connectivity index (χ0v) is 8.67. The van der Waals surface area contributed by atoms with Gasteiger partial charge in [-0.15, -0.1) is 0 Å². The van der Waals surface area contributed by atoms with Gasteiger partial charge in [0.05, 0.1) is 0 Å². The highest BCUT2D eigenvalue weighted by atomic mass is 16.1. The van der Waals surface area contributed by atoms with E-state index in [1.165, 1.54) is 32.1 Å². The highest BCUT2D eigenvalue weighted by Crippen LogP contribution is 2.28. The topological polar surface area (TPSA) is 55.1 Å². The molecule has 3 nitrogen and oxygen atoms in total. The standard InChI is InChI=1S/C11H20N2O/c12-11(8-4-2-1-3-5-8)9-6-7-10(14)13-9/h8-9,11H,1-7,12H2,(H,13,14). The van der Waals surface area contributed by atoms with E-state index in [1.807, 2.05) is 0 Å². The van der Waals surface area contributed by atoms with Crippen molar-refractivity contribution >= 4 is 5.91 Å². The number of carbonyl (C=O) groups is 1. The van der Waals surface area contributed by atoms with Crippen molar-refractivity contribution < 1.29 is 4.79 Å². The smallest absolute Gasteiger partial charge is 0.220 e. The monoisotopic (exact) mass is 196 g/mol. The predicted octanol–water partition coefficient (Wildman–Crippen LogP) is 1.17. The first-order chi connectivity index (χ1) is 6.77. The SMILES string of the molecule is NC(C1CCCCC1)C1CCC(=O)N1. The lowest BCUT2D eigenvalue weighted by molar-refractivity contribution is -0.119. The lowest BCUT2D eigenvalue weighted by Gasteiger charge is -2.31. The highest BCUT2D eigenvalue weighted by Gasteiger charge is 2.31. The van der Waals surface area contributed by atoms with Gasteiger partial charge in [0.15, 0.2) is 0 Å². The molecule has 0 radical (unpaired) electrons. The Hall–Kier alpha value is -0.570. The van der Waals surface area contributed by atoms with Crippen LogP contribution in [0, 0.1) is 5.92 Å². The van der Waals surface area contributed by atoms with Crippen molar-refractivity contribution in [2.45, 2.75) is 57.0 Å². The molecule has 80 valence electrons. The molecular weight excluding hydrogens is 176 g/mol. The lowest BCUT2D eigenvalue weighted by atomic mass is 9.81. The summed E-state index contributed by atoms with van der Waals surface area (Å²) in [6.07, 6.45) is 8.13. The number of nitrogens with two attached hydrogens (primary N) is 1. The molecule has 1 heterocycles. The van der Waals surface area contributed by atoms with Crippen molar-refractivity contribution in [2.24, 2.45) is 11.7 Å². The molecular formula is C11H20N2O.